The van der Waals surface area contributed by atoms with Gasteiger partial charge in [0.15, 0.2) is 0 Å². The molecule has 24 heavy (non-hydrogen) atoms. The Morgan fingerprint density at radius 2 is 1.96 bits per heavy atom. The van der Waals surface area contributed by atoms with Gasteiger partial charge >= 0.3 is 6.09 Å². The van der Waals surface area contributed by atoms with Crippen LogP contribution in [0.15, 0.2) is 11.6 Å². The summed E-state index contributed by atoms with van der Waals surface area (Å²) >= 11 is 0. The van der Waals surface area contributed by atoms with Crippen LogP contribution in [0, 0.1) is 0 Å². The highest BCUT2D eigenvalue weighted by Gasteiger charge is 2.38. The van der Waals surface area contributed by atoms with E-state index in [4.69, 9.17) is 14.2 Å². The fourth-order valence-corrected chi connectivity index (χ4v) is 3.47. The third kappa shape index (κ3) is 5.78. The molecule has 0 aromatic rings. The van der Waals surface area contributed by atoms with Gasteiger partial charge in [-0.05, 0) is 59.8 Å². The molecule has 0 saturated carbocycles. The third-order valence-electron chi connectivity index (χ3n) is 4.46. The Kier molecular flexibility index (Phi) is 7.11. The number of nitrogens with zero attached hydrogens (tertiary/aromatic N) is 1. The molecule has 1 saturated heterocycles. The van der Waals surface area contributed by atoms with E-state index in [-0.39, 0.29) is 18.2 Å². The van der Waals surface area contributed by atoms with Gasteiger partial charge in [-0.25, -0.2) is 4.79 Å². The molecular weight excluding hydrogens is 306 g/mol. The van der Waals surface area contributed by atoms with E-state index in [9.17, 15) is 4.79 Å². The van der Waals surface area contributed by atoms with Crippen LogP contribution in [0.2, 0.25) is 0 Å². The summed E-state index contributed by atoms with van der Waals surface area (Å²) in [6.45, 7) is 10.5. The predicted molar refractivity (Wildman–Crippen MR) is 94.1 cm³/mol. The first-order valence-corrected chi connectivity index (χ1v) is 9.27. The van der Waals surface area contributed by atoms with Gasteiger partial charge in [0.1, 0.15) is 5.60 Å². The average Bonchev–Trinajstić information content (AvgIpc) is 2.48. The van der Waals surface area contributed by atoms with Gasteiger partial charge in [-0.2, -0.15) is 0 Å². The largest absolute Gasteiger partial charge is 0.444 e. The second-order valence-electron chi connectivity index (χ2n) is 7.63. The highest BCUT2D eigenvalue weighted by Crippen LogP contribution is 2.35. The van der Waals surface area contributed by atoms with Crippen LogP contribution < -0.4 is 0 Å². The van der Waals surface area contributed by atoms with Crippen molar-refractivity contribution in [3.8, 4) is 0 Å². The lowest BCUT2D eigenvalue weighted by molar-refractivity contribution is -0.00199. The summed E-state index contributed by atoms with van der Waals surface area (Å²) in [5.74, 6) is 0. The van der Waals surface area contributed by atoms with E-state index >= 15 is 0 Å². The van der Waals surface area contributed by atoms with Gasteiger partial charge in [-0.15, -0.1) is 0 Å². The summed E-state index contributed by atoms with van der Waals surface area (Å²) < 4.78 is 16.5. The molecule has 2 aliphatic heterocycles. The molecule has 0 radical (unpaired) electrons. The number of rotatable bonds is 7. The van der Waals surface area contributed by atoms with Crippen molar-refractivity contribution >= 4 is 6.09 Å². The van der Waals surface area contributed by atoms with Crippen molar-refractivity contribution in [1.29, 1.82) is 0 Å². The van der Waals surface area contributed by atoms with Crippen molar-refractivity contribution in [2.24, 2.45) is 0 Å². The number of ether oxygens (including phenoxy) is 3. The Bertz CT molecular complexity index is 441. The van der Waals surface area contributed by atoms with Crippen LogP contribution in [0.3, 0.4) is 0 Å². The molecule has 2 atom stereocenters. The Morgan fingerprint density at radius 1 is 1.21 bits per heavy atom. The highest BCUT2D eigenvalue weighted by molar-refractivity contribution is 5.70. The van der Waals surface area contributed by atoms with Crippen molar-refractivity contribution < 1.29 is 19.0 Å². The molecule has 2 heterocycles. The quantitative estimate of drug-likeness (QED) is 0.521. The number of amides is 1. The molecule has 2 unspecified atom stereocenters. The van der Waals surface area contributed by atoms with E-state index in [0.717, 1.165) is 38.9 Å². The van der Waals surface area contributed by atoms with Crippen molar-refractivity contribution in [2.45, 2.75) is 77.5 Å². The maximum absolute atomic E-state index is 12.5. The second-order valence-corrected chi connectivity index (χ2v) is 7.63. The van der Waals surface area contributed by atoms with Gasteiger partial charge in [-0.3, -0.25) is 4.90 Å². The molecule has 5 nitrogen and oxygen atoms in total. The molecular formula is C19H33NO4. The lowest BCUT2D eigenvalue weighted by atomic mass is 9.84. The number of hydrogen-bond donors (Lipinski definition) is 0. The van der Waals surface area contributed by atoms with Gasteiger partial charge in [0.2, 0.25) is 0 Å². The zero-order chi connectivity index (χ0) is 17.6. The number of carbonyl (C=O) groups is 1. The number of carbonyl (C=O) groups excluding carboxylic acids is 1. The van der Waals surface area contributed by atoms with Crippen LogP contribution in [0.4, 0.5) is 4.79 Å². The minimum Gasteiger partial charge on any atom is -0.444 e. The lowest BCUT2D eigenvalue weighted by Crippen LogP contribution is -2.53. The monoisotopic (exact) mass is 339 g/mol. The van der Waals surface area contributed by atoms with Gasteiger partial charge < -0.3 is 14.2 Å². The van der Waals surface area contributed by atoms with E-state index < -0.39 is 5.60 Å². The summed E-state index contributed by atoms with van der Waals surface area (Å²) in [5, 5.41) is 0. The predicted octanol–water partition coefficient (Wildman–Crippen LogP) is 3.92. The standard InChI is InChI=1S/C19H33NO4/c1-5-22-11-12-23-10-9-15-13-16-7-6-8-17(14-15)20(16)18(21)24-19(2,3)4/h13,16-17H,5-12,14H2,1-4H3. The average molecular weight is 339 g/mol. The zero-order valence-corrected chi connectivity index (χ0v) is 15.7. The molecule has 0 aliphatic carbocycles. The maximum atomic E-state index is 12.5. The zero-order valence-electron chi connectivity index (χ0n) is 15.7. The van der Waals surface area contributed by atoms with Crippen molar-refractivity contribution in [3.63, 3.8) is 0 Å². The first-order valence-electron chi connectivity index (χ1n) is 9.27. The SMILES string of the molecule is CCOCCOCCC1=CC2CCCC(C1)N2C(=O)OC(C)(C)C. The molecule has 2 aliphatic rings. The molecule has 2 bridgehead atoms. The molecule has 2 rings (SSSR count). The maximum Gasteiger partial charge on any atom is 0.411 e. The second kappa shape index (κ2) is 8.86. The van der Waals surface area contributed by atoms with Crippen LogP contribution in [0.5, 0.6) is 0 Å². The summed E-state index contributed by atoms with van der Waals surface area (Å²) in [5.41, 5.74) is 0.977. The van der Waals surface area contributed by atoms with Gasteiger partial charge in [0.05, 0.1) is 25.9 Å². The van der Waals surface area contributed by atoms with Crippen molar-refractivity contribution in [3.05, 3.63) is 11.6 Å². The van der Waals surface area contributed by atoms with Gasteiger partial charge in [0.25, 0.3) is 0 Å². The minimum absolute atomic E-state index is 0.166. The van der Waals surface area contributed by atoms with Crippen LogP contribution in [-0.4, -0.2) is 55.1 Å². The summed E-state index contributed by atoms with van der Waals surface area (Å²) in [6.07, 6.45) is 7.28. The smallest absolute Gasteiger partial charge is 0.411 e. The molecule has 0 aromatic carbocycles. The van der Waals surface area contributed by atoms with E-state index in [2.05, 4.69) is 6.08 Å². The molecule has 138 valence electrons. The fourth-order valence-electron chi connectivity index (χ4n) is 3.47. The number of piperidine rings is 1. The van der Waals surface area contributed by atoms with E-state index in [0.29, 0.717) is 13.2 Å². The fraction of sp³-hybridized carbons (Fsp3) is 0.842. The summed E-state index contributed by atoms with van der Waals surface area (Å²) in [6, 6.07) is 0.466. The molecule has 0 N–H and O–H groups in total. The molecule has 5 heteroatoms. The normalized spacial score (nSPS) is 23.8. The highest BCUT2D eigenvalue weighted by atomic mass is 16.6. The Morgan fingerprint density at radius 3 is 2.62 bits per heavy atom. The van der Waals surface area contributed by atoms with Gasteiger partial charge in [0, 0.05) is 12.6 Å². The van der Waals surface area contributed by atoms with Crippen LogP contribution in [0.25, 0.3) is 0 Å². The van der Waals surface area contributed by atoms with Crippen molar-refractivity contribution in [1.82, 2.24) is 4.90 Å². The van der Waals surface area contributed by atoms with E-state index in [1.54, 1.807) is 0 Å². The molecule has 0 aromatic heterocycles. The summed E-state index contributed by atoms with van der Waals surface area (Å²) in [7, 11) is 0. The Hall–Kier alpha value is -1.07. The lowest BCUT2D eigenvalue weighted by Gasteiger charge is -2.45. The summed E-state index contributed by atoms with van der Waals surface area (Å²) in [4.78, 5) is 14.5. The number of hydrogen-bond acceptors (Lipinski definition) is 4. The van der Waals surface area contributed by atoms with Crippen molar-refractivity contribution in [2.75, 3.05) is 26.4 Å². The Balaban J connectivity index is 1.86. The minimum atomic E-state index is -0.441. The van der Waals surface area contributed by atoms with Crippen LogP contribution in [-0.2, 0) is 14.2 Å². The third-order valence-corrected chi connectivity index (χ3v) is 4.46. The van der Waals surface area contributed by atoms with Crippen LogP contribution in [0.1, 0.15) is 59.8 Å². The number of fused-ring (bicyclic) bond motifs is 2. The molecule has 1 amide bonds. The Labute approximate surface area is 146 Å². The van der Waals surface area contributed by atoms with Crippen LogP contribution >= 0.6 is 0 Å². The first-order chi connectivity index (χ1) is 11.4. The topological polar surface area (TPSA) is 48.0 Å². The van der Waals surface area contributed by atoms with Gasteiger partial charge in [-0.1, -0.05) is 11.6 Å². The van der Waals surface area contributed by atoms with E-state index in [1.165, 1.54) is 12.0 Å². The molecule has 1 fully saturated rings. The first kappa shape index (κ1) is 19.3. The van der Waals surface area contributed by atoms with E-state index in [1.807, 2.05) is 32.6 Å². The molecule has 0 spiro atoms.